The van der Waals surface area contributed by atoms with Crippen LogP contribution in [0, 0.1) is 0 Å². The van der Waals surface area contributed by atoms with E-state index in [4.69, 9.17) is 0 Å². The molecule has 0 spiro atoms. The van der Waals surface area contributed by atoms with Crippen molar-refractivity contribution in [3.63, 3.8) is 0 Å². The quantitative estimate of drug-likeness (QED) is 0.836. The van der Waals surface area contributed by atoms with Gasteiger partial charge in [0.2, 0.25) is 0 Å². The summed E-state index contributed by atoms with van der Waals surface area (Å²) >= 11 is 0. The largest absolute Gasteiger partial charge is 0.431 e. The summed E-state index contributed by atoms with van der Waals surface area (Å²) in [7, 11) is 1.62. The van der Waals surface area contributed by atoms with Gasteiger partial charge in [0.15, 0.2) is 0 Å². The molecule has 1 heterocycles. The highest BCUT2D eigenvalue weighted by atomic mass is 19.4. The summed E-state index contributed by atoms with van der Waals surface area (Å²) in [5.74, 6) is 0. The lowest BCUT2D eigenvalue weighted by Gasteiger charge is -2.12. The summed E-state index contributed by atoms with van der Waals surface area (Å²) in [6.45, 7) is 0.141. The standard InChI is InChI=1S/C11H11F3N2/c1-15-7-16-9-5-3-2-4-8(9)6-10(16)11(12,13)14/h2-6,15H,7H2,1H3. The molecular formula is C11H11F3N2. The molecule has 0 bridgehead atoms. The predicted molar refractivity (Wildman–Crippen MR) is 56.0 cm³/mol. The summed E-state index contributed by atoms with van der Waals surface area (Å²) in [4.78, 5) is 0. The highest BCUT2D eigenvalue weighted by molar-refractivity contribution is 5.81. The van der Waals surface area contributed by atoms with Gasteiger partial charge in [-0.2, -0.15) is 13.2 Å². The van der Waals surface area contributed by atoms with Crippen LogP contribution in [0.25, 0.3) is 10.9 Å². The summed E-state index contributed by atoms with van der Waals surface area (Å²) < 4.78 is 39.5. The number of hydrogen-bond donors (Lipinski definition) is 1. The van der Waals surface area contributed by atoms with Gasteiger partial charge in [-0.05, 0) is 19.2 Å². The van der Waals surface area contributed by atoms with Gasteiger partial charge in [-0.3, -0.25) is 0 Å². The van der Waals surface area contributed by atoms with E-state index in [-0.39, 0.29) is 6.67 Å². The molecule has 0 saturated heterocycles. The van der Waals surface area contributed by atoms with Crippen LogP contribution in [-0.2, 0) is 12.8 Å². The summed E-state index contributed by atoms with van der Waals surface area (Å²) in [6, 6.07) is 7.99. The predicted octanol–water partition coefficient (Wildman–Crippen LogP) is 2.84. The molecular weight excluding hydrogens is 217 g/mol. The van der Waals surface area contributed by atoms with Crippen LogP contribution in [0.4, 0.5) is 13.2 Å². The molecule has 1 aromatic heterocycles. The first-order chi connectivity index (χ1) is 7.54. The maximum absolute atomic E-state index is 12.8. The average Bonchev–Trinajstić information content (AvgIpc) is 2.58. The number of halogens is 3. The topological polar surface area (TPSA) is 17.0 Å². The zero-order valence-electron chi connectivity index (χ0n) is 8.67. The maximum Gasteiger partial charge on any atom is 0.431 e. The van der Waals surface area contributed by atoms with E-state index in [0.29, 0.717) is 10.9 Å². The molecule has 0 aliphatic heterocycles. The van der Waals surface area contributed by atoms with Crippen LogP contribution >= 0.6 is 0 Å². The lowest BCUT2D eigenvalue weighted by atomic mass is 10.2. The Morgan fingerprint density at radius 3 is 2.56 bits per heavy atom. The first kappa shape index (κ1) is 11.0. The minimum absolute atomic E-state index is 0.141. The molecule has 16 heavy (non-hydrogen) atoms. The van der Waals surface area contributed by atoms with Crippen molar-refractivity contribution >= 4 is 10.9 Å². The number of nitrogens with zero attached hydrogens (tertiary/aromatic N) is 1. The Balaban J connectivity index is 2.68. The Hall–Kier alpha value is -1.49. The Morgan fingerprint density at radius 1 is 1.25 bits per heavy atom. The fraction of sp³-hybridized carbons (Fsp3) is 0.273. The second-order valence-corrected chi connectivity index (χ2v) is 3.53. The van der Waals surface area contributed by atoms with E-state index in [1.807, 2.05) is 0 Å². The van der Waals surface area contributed by atoms with Gasteiger partial charge in [-0.25, -0.2) is 0 Å². The molecule has 0 amide bonds. The minimum Gasteiger partial charge on any atom is -0.323 e. The smallest absolute Gasteiger partial charge is 0.323 e. The number of nitrogens with one attached hydrogen (secondary N) is 1. The Morgan fingerprint density at radius 2 is 1.94 bits per heavy atom. The summed E-state index contributed by atoms with van der Waals surface area (Å²) in [6.07, 6.45) is -4.32. The molecule has 2 nitrogen and oxygen atoms in total. The van der Waals surface area contributed by atoms with Crippen LogP contribution in [0.2, 0.25) is 0 Å². The van der Waals surface area contributed by atoms with Gasteiger partial charge < -0.3 is 9.88 Å². The molecule has 0 radical (unpaired) electrons. The number of rotatable bonds is 2. The first-order valence-corrected chi connectivity index (χ1v) is 4.84. The normalized spacial score (nSPS) is 12.2. The number of para-hydroxylation sites is 1. The molecule has 1 aromatic carbocycles. The third-order valence-corrected chi connectivity index (χ3v) is 2.42. The van der Waals surface area contributed by atoms with Crippen LogP contribution < -0.4 is 5.32 Å². The molecule has 86 valence electrons. The summed E-state index contributed by atoms with van der Waals surface area (Å²) in [5.41, 5.74) is -0.0350. The second-order valence-electron chi connectivity index (χ2n) is 3.53. The van der Waals surface area contributed by atoms with Gasteiger partial charge in [0.05, 0.1) is 6.67 Å². The molecule has 2 aromatic rings. The van der Waals surface area contributed by atoms with E-state index in [1.54, 1.807) is 31.3 Å². The molecule has 0 aliphatic rings. The monoisotopic (exact) mass is 228 g/mol. The molecule has 2 rings (SSSR count). The number of fused-ring (bicyclic) bond motifs is 1. The van der Waals surface area contributed by atoms with Crippen molar-refractivity contribution in [2.24, 2.45) is 0 Å². The van der Waals surface area contributed by atoms with Crippen molar-refractivity contribution in [3.8, 4) is 0 Å². The van der Waals surface area contributed by atoms with Gasteiger partial charge in [0, 0.05) is 10.9 Å². The molecule has 0 saturated carbocycles. The van der Waals surface area contributed by atoms with Crippen molar-refractivity contribution in [2.45, 2.75) is 12.8 Å². The number of benzene rings is 1. The number of aromatic nitrogens is 1. The van der Waals surface area contributed by atoms with Gasteiger partial charge in [-0.15, -0.1) is 0 Å². The Labute approximate surface area is 90.7 Å². The third-order valence-electron chi connectivity index (χ3n) is 2.42. The third kappa shape index (κ3) is 1.78. The van der Waals surface area contributed by atoms with E-state index in [1.165, 1.54) is 10.6 Å². The Kier molecular flexibility index (Phi) is 2.63. The van der Waals surface area contributed by atoms with E-state index in [2.05, 4.69) is 5.32 Å². The average molecular weight is 228 g/mol. The van der Waals surface area contributed by atoms with E-state index in [9.17, 15) is 13.2 Å². The fourth-order valence-electron chi connectivity index (χ4n) is 1.77. The van der Waals surface area contributed by atoms with Crippen LogP contribution in [0.5, 0.6) is 0 Å². The van der Waals surface area contributed by atoms with Gasteiger partial charge in [0.1, 0.15) is 5.69 Å². The molecule has 0 unspecified atom stereocenters. The molecule has 0 aliphatic carbocycles. The summed E-state index contributed by atoms with van der Waals surface area (Å²) in [5, 5.41) is 3.34. The highest BCUT2D eigenvalue weighted by Crippen LogP contribution is 2.33. The molecule has 1 N–H and O–H groups in total. The molecule has 0 fully saturated rings. The van der Waals surface area contributed by atoms with Crippen molar-refractivity contribution in [2.75, 3.05) is 7.05 Å². The zero-order valence-corrected chi connectivity index (χ0v) is 8.67. The van der Waals surface area contributed by atoms with E-state index in [0.717, 1.165) is 0 Å². The number of alkyl halides is 3. The highest BCUT2D eigenvalue weighted by Gasteiger charge is 2.35. The molecule has 5 heteroatoms. The van der Waals surface area contributed by atoms with E-state index < -0.39 is 11.9 Å². The van der Waals surface area contributed by atoms with Crippen LogP contribution in [0.1, 0.15) is 5.69 Å². The van der Waals surface area contributed by atoms with Gasteiger partial charge in [0.25, 0.3) is 0 Å². The zero-order chi connectivity index (χ0) is 11.8. The van der Waals surface area contributed by atoms with Gasteiger partial charge in [-0.1, -0.05) is 18.2 Å². The van der Waals surface area contributed by atoms with Gasteiger partial charge >= 0.3 is 6.18 Å². The fourth-order valence-corrected chi connectivity index (χ4v) is 1.77. The SMILES string of the molecule is CNCn1c(C(F)(F)F)cc2ccccc21. The second kappa shape index (κ2) is 3.83. The Bertz CT molecular complexity index is 499. The van der Waals surface area contributed by atoms with E-state index >= 15 is 0 Å². The van der Waals surface area contributed by atoms with Crippen molar-refractivity contribution in [1.29, 1.82) is 0 Å². The van der Waals surface area contributed by atoms with Crippen molar-refractivity contribution in [3.05, 3.63) is 36.0 Å². The van der Waals surface area contributed by atoms with Crippen LogP contribution in [0.3, 0.4) is 0 Å². The van der Waals surface area contributed by atoms with Crippen LogP contribution in [-0.4, -0.2) is 11.6 Å². The molecule has 0 atom stereocenters. The number of hydrogen-bond acceptors (Lipinski definition) is 1. The van der Waals surface area contributed by atoms with Crippen molar-refractivity contribution in [1.82, 2.24) is 9.88 Å². The first-order valence-electron chi connectivity index (χ1n) is 4.84. The van der Waals surface area contributed by atoms with Crippen molar-refractivity contribution < 1.29 is 13.2 Å². The lowest BCUT2D eigenvalue weighted by Crippen LogP contribution is -2.19. The minimum atomic E-state index is -4.32. The van der Waals surface area contributed by atoms with Crippen LogP contribution in [0.15, 0.2) is 30.3 Å². The maximum atomic E-state index is 12.8. The lowest BCUT2D eigenvalue weighted by molar-refractivity contribution is -0.143.